The quantitative estimate of drug-likeness (QED) is 0.873. The average Bonchev–Trinajstić information content (AvgIpc) is 2.33. The molecule has 0 aromatic heterocycles. The highest BCUT2D eigenvalue weighted by molar-refractivity contribution is 6.33. The summed E-state index contributed by atoms with van der Waals surface area (Å²) in [5, 5.41) is 9.13. The Morgan fingerprint density at radius 1 is 1.32 bits per heavy atom. The maximum atomic E-state index is 12.4. The van der Waals surface area contributed by atoms with Crippen molar-refractivity contribution in [3.05, 3.63) is 34.9 Å². The molecular formula is C14H18ClNO3. The molecule has 19 heavy (non-hydrogen) atoms. The number of carbonyl (C=O) groups excluding carboxylic acids is 1. The first-order valence-electron chi connectivity index (χ1n) is 6.17. The molecule has 0 aliphatic heterocycles. The van der Waals surface area contributed by atoms with E-state index in [2.05, 4.69) is 0 Å². The molecule has 0 fully saturated rings. The second kappa shape index (κ2) is 7.14. The molecule has 1 rings (SSSR count). The third-order valence-electron chi connectivity index (χ3n) is 2.57. The number of carboxylic acids is 1. The molecule has 1 aromatic carbocycles. The smallest absolute Gasteiger partial charge is 0.305 e. The third-order valence-corrected chi connectivity index (χ3v) is 2.90. The zero-order chi connectivity index (χ0) is 14.4. The Morgan fingerprint density at radius 2 is 1.95 bits per heavy atom. The van der Waals surface area contributed by atoms with Gasteiger partial charge in [0.1, 0.15) is 0 Å². The molecule has 0 unspecified atom stereocenters. The highest BCUT2D eigenvalue weighted by Gasteiger charge is 2.19. The van der Waals surface area contributed by atoms with Gasteiger partial charge in [0.25, 0.3) is 5.91 Å². The standard InChI is InChI=1S/C14H18ClNO3/c1-10(2)9-16(8-7-13(17)18)14(19)11-5-3-4-6-12(11)15/h3-6,10H,7-9H2,1-2H3,(H,17,18). The van der Waals surface area contributed by atoms with Gasteiger partial charge in [0.2, 0.25) is 0 Å². The predicted molar refractivity (Wildman–Crippen MR) is 74.4 cm³/mol. The van der Waals surface area contributed by atoms with E-state index in [-0.39, 0.29) is 24.8 Å². The highest BCUT2D eigenvalue weighted by Crippen LogP contribution is 2.18. The molecule has 1 N–H and O–H groups in total. The molecule has 0 aliphatic carbocycles. The first kappa shape index (κ1) is 15.5. The summed E-state index contributed by atoms with van der Waals surface area (Å²) < 4.78 is 0. The van der Waals surface area contributed by atoms with Crippen molar-refractivity contribution in [2.45, 2.75) is 20.3 Å². The Labute approximate surface area is 118 Å². The minimum atomic E-state index is -0.916. The van der Waals surface area contributed by atoms with Gasteiger partial charge < -0.3 is 10.0 Å². The molecule has 0 atom stereocenters. The maximum Gasteiger partial charge on any atom is 0.305 e. The van der Waals surface area contributed by atoms with Crippen molar-refractivity contribution in [1.29, 1.82) is 0 Å². The van der Waals surface area contributed by atoms with E-state index in [1.165, 1.54) is 0 Å². The highest BCUT2D eigenvalue weighted by atomic mass is 35.5. The van der Waals surface area contributed by atoms with E-state index in [0.717, 1.165) is 0 Å². The number of nitrogens with zero attached hydrogens (tertiary/aromatic N) is 1. The third kappa shape index (κ3) is 4.91. The Kier molecular flexibility index (Phi) is 5.83. The molecule has 104 valence electrons. The van der Waals surface area contributed by atoms with Crippen LogP contribution in [0.4, 0.5) is 0 Å². The van der Waals surface area contributed by atoms with Gasteiger partial charge in [-0.3, -0.25) is 9.59 Å². The molecule has 4 nitrogen and oxygen atoms in total. The van der Waals surface area contributed by atoms with Crippen LogP contribution in [0.5, 0.6) is 0 Å². The molecule has 5 heteroatoms. The van der Waals surface area contributed by atoms with Crippen molar-refractivity contribution in [3.63, 3.8) is 0 Å². The monoisotopic (exact) mass is 283 g/mol. The fourth-order valence-electron chi connectivity index (χ4n) is 1.75. The Balaban J connectivity index is 2.87. The largest absolute Gasteiger partial charge is 0.481 e. The van der Waals surface area contributed by atoms with Crippen LogP contribution in [0.15, 0.2) is 24.3 Å². The van der Waals surface area contributed by atoms with Crippen molar-refractivity contribution >= 4 is 23.5 Å². The molecule has 0 spiro atoms. The summed E-state index contributed by atoms with van der Waals surface area (Å²) in [5.74, 6) is -0.874. The van der Waals surface area contributed by atoms with E-state index in [9.17, 15) is 9.59 Å². The molecule has 1 amide bonds. The van der Waals surface area contributed by atoms with Crippen LogP contribution in [0.2, 0.25) is 5.02 Å². The van der Waals surface area contributed by atoms with Gasteiger partial charge in [-0.15, -0.1) is 0 Å². The first-order chi connectivity index (χ1) is 8.91. The zero-order valence-electron chi connectivity index (χ0n) is 11.1. The van der Waals surface area contributed by atoms with Crippen LogP contribution in [0, 0.1) is 5.92 Å². The second-order valence-electron chi connectivity index (χ2n) is 4.77. The molecule has 0 saturated carbocycles. The van der Waals surface area contributed by atoms with E-state index in [0.29, 0.717) is 17.1 Å². The van der Waals surface area contributed by atoms with Crippen LogP contribution < -0.4 is 0 Å². The molecule has 1 aromatic rings. The summed E-state index contributed by atoms with van der Waals surface area (Å²) >= 11 is 6.00. The van der Waals surface area contributed by atoms with Crippen molar-refractivity contribution in [2.24, 2.45) is 5.92 Å². The van der Waals surface area contributed by atoms with Gasteiger partial charge in [0, 0.05) is 13.1 Å². The molecule has 0 saturated heterocycles. The van der Waals surface area contributed by atoms with Gasteiger partial charge in [0.15, 0.2) is 0 Å². The number of hydrogen-bond donors (Lipinski definition) is 1. The number of halogens is 1. The summed E-state index contributed by atoms with van der Waals surface area (Å²) in [5.41, 5.74) is 0.412. The Morgan fingerprint density at radius 3 is 2.47 bits per heavy atom. The van der Waals surface area contributed by atoms with Gasteiger partial charge in [-0.1, -0.05) is 37.6 Å². The van der Waals surface area contributed by atoms with Crippen molar-refractivity contribution < 1.29 is 14.7 Å². The Bertz CT molecular complexity index is 460. The van der Waals surface area contributed by atoms with Crippen LogP contribution in [0.25, 0.3) is 0 Å². The minimum absolute atomic E-state index is 0.0666. The lowest BCUT2D eigenvalue weighted by Crippen LogP contribution is -2.36. The summed E-state index contributed by atoms with van der Waals surface area (Å²) in [6, 6.07) is 6.80. The lowest BCUT2D eigenvalue weighted by molar-refractivity contribution is -0.137. The second-order valence-corrected chi connectivity index (χ2v) is 5.18. The summed E-state index contributed by atoms with van der Waals surface area (Å²) in [6.07, 6.45) is -0.0666. The predicted octanol–water partition coefficient (Wildman–Crippen LogP) is 2.91. The van der Waals surface area contributed by atoms with E-state index in [4.69, 9.17) is 16.7 Å². The fraction of sp³-hybridized carbons (Fsp3) is 0.429. The van der Waals surface area contributed by atoms with Crippen LogP contribution in [0.1, 0.15) is 30.6 Å². The van der Waals surface area contributed by atoms with E-state index >= 15 is 0 Å². The molecular weight excluding hydrogens is 266 g/mol. The number of carbonyl (C=O) groups is 2. The number of aliphatic carboxylic acids is 1. The van der Waals surface area contributed by atoms with E-state index in [1.807, 2.05) is 13.8 Å². The van der Waals surface area contributed by atoms with Crippen LogP contribution in [-0.4, -0.2) is 35.0 Å². The number of carboxylic acid groups (broad SMARTS) is 1. The SMILES string of the molecule is CC(C)CN(CCC(=O)O)C(=O)c1ccccc1Cl. The maximum absolute atomic E-state index is 12.4. The number of hydrogen-bond acceptors (Lipinski definition) is 2. The minimum Gasteiger partial charge on any atom is -0.481 e. The van der Waals surface area contributed by atoms with Gasteiger partial charge >= 0.3 is 5.97 Å². The lowest BCUT2D eigenvalue weighted by Gasteiger charge is -2.24. The van der Waals surface area contributed by atoms with Crippen molar-refractivity contribution in [3.8, 4) is 0 Å². The van der Waals surface area contributed by atoms with Crippen molar-refractivity contribution in [1.82, 2.24) is 4.90 Å². The van der Waals surface area contributed by atoms with Gasteiger partial charge in [0.05, 0.1) is 17.0 Å². The normalized spacial score (nSPS) is 10.5. The average molecular weight is 284 g/mol. The van der Waals surface area contributed by atoms with Gasteiger partial charge in [-0.25, -0.2) is 0 Å². The van der Waals surface area contributed by atoms with Crippen LogP contribution in [0.3, 0.4) is 0 Å². The van der Waals surface area contributed by atoms with E-state index in [1.54, 1.807) is 29.2 Å². The first-order valence-corrected chi connectivity index (χ1v) is 6.55. The number of amides is 1. The van der Waals surface area contributed by atoms with Gasteiger partial charge in [-0.2, -0.15) is 0 Å². The summed E-state index contributed by atoms with van der Waals surface area (Å²) in [7, 11) is 0. The summed E-state index contributed by atoms with van der Waals surface area (Å²) in [6.45, 7) is 4.66. The Hall–Kier alpha value is -1.55. The molecule has 0 bridgehead atoms. The van der Waals surface area contributed by atoms with Gasteiger partial charge in [-0.05, 0) is 18.1 Å². The van der Waals surface area contributed by atoms with Crippen LogP contribution in [-0.2, 0) is 4.79 Å². The van der Waals surface area contributed by atoms with Crippen LogP contribution >= 0.6 is 11.6 Å². The number of benzene rings is 1. The topological polar surface area (TPSA) is 57.6 Å². The number of rotatable bonds is 6. The van der Waals surface area contributed by atoms with Crippen molar-refractivity contribution in [2.75, 3.05) is 13.1 Å². The summed E-state index contributed by atoms with van der Waals surface area (Å²) in [4.78, 5) is 24.6. The molecule has 0 aliphatic rings. The van der Waals surface area contributed by atoms with E-state index < -0.39 is 5.97 Å². The molecule has 0 heterocycles. The fourth-order valence-corrected chi connectivity index (χ4v) is 1.97. The zero-order valence-corrected chi connectivity index (χ0v) is 11.9. The lowest BCUT2D eigenvalue weighted by atomic mass is 10.1. The molecule has 0 radical (unpaired) electrons.